The van der Waals surface area contributed by atoms with Crippen LogP contribution in [0.2, 0.25) is 0 Å². The fourth-order valence-corrected chi connectivity index (χ4v) is 1.82. The lowest BCUT2D eigenvalue weighted by molar-refractivity contribution is -0.385. The second kappa shape index (κ2) is 7.04. The highest BCUT2D eigenvalue weighted by Crippen LogP contribution is 2.16. The molecule has 104 valence electrons. The number of hydrogen-bond donors (Lipinski definition) is 1. The maximum atomic E-state index is 13.5. The van der Waals surface area contributed by atoms with E-state index in [1.807, 2.05) is 6.92 Å². The van der Waals surface area contributed by atoms with Crippen molar-refractivity contribution in [1.29, 1.82) is 0 Å². The van der Waals surface area contributed by atoms with Crippen molar-refractivity contribution >= 4 is 23.2 Å². The number of alkyl halides is 1. The maximum Gasteiger partial charge on any atom is 0.272 e. The van der Waals surface area contributed by atoms with E-state index in [-0.39, 0.29) is 17.2 Å². The van der Waals surface area contributed by atoms with Crippen molar-refractivity contribution in [3.8, 4) is 0 Å². The van der Waals surface area contributed by atoms with Crippen molar-refractivity contribution in [3.05, 3.63) is 39.7 Å². The molecule has 0 aliphatic carbocycles. The number of halogens is 2. The van der Waals surface area contributed by atoms with Gasteiger partial charge in [-0.25, -0.2) is 4.39 Å². The number of amides is 1. The molecule has 0 saturated carbocycles. The molecule has 0 saturated heterocycles. The monoisotopic (exact) mass is 288 g/mol. The molecule has 1 rings (SSSR count). The van der Waals surface area contributed by atoms with Crippen LogP contribution in [0.25, 0.3) is 0 Å². The second-order valence-electron chi connectivity index (χ2n) is 4.21. The van der Waals surface area contributed by atoms with E-state index in [4.69, 9.17) is 11.6 Å². The van der Waals surface area contributed by atoms with Gasteiger partial charge in [0.15, 0.2) is 0 Å². The summed E-state index contributed by atoms with van der Waals surface area (Å²) in [6, 6.07) is 2.94. The zero-order valence-corrected chi connectivity index (χ0v) is 11.1. The predicted molar refractivity (Wildman–Crippen MR) is 69.9 cm³/mol. The van der Waals surface area contributed by atoms with Crippen molar-refractivity contribution in [1.82, 2.24) is 5.32 Å². The number of non-ortho nitro benzene ring substituents is 1. The Morgan fingerprint density at radius 1 is 1.58 bits per heavy atom. The smallest absolute Gasteiger partial charge is 0.272 e. The molecule has 0 aliphatic heterocycles. The summed E-state index contributed by atoms with van der Waals surface area (Å²) in [6.45, 7) is 2.29. The van der Waals surface area contributed by atoms with Gasteiger partial charge in [0.25, 0.3) is 11.6 Å². The van der Waals surface area contributed by atoms with Gasteiger partial charge in [-0.05, 0) is 18.4 Å². The van der Waals surface area contributed by atoms with Crippen molar-refractivity contribution in [2.24, 2.45) is 5.92 Å². The summed E-state index contributed by atoms with van der Waals surface area (Å²) in [4.78, 5) is 21.4. The van der Waals surface area contributed by atoms with Crippen LogP contribution in [-0.2, 0) is 0 Å². The highest BCUT2D eigenvalue weighted by atomic mass is 35.5. The Labute approximate surface area is 114 Å². The Morgan fingerprint density at radius 3 is 2.79 bits per heavy atom. The molecular weight excluding hydrogens is 275 g/mol. The zero-order valence-electron chi connectivity index (χ0n) is 10.4. The standard InChI is InChI=1S/C12H14ClFN2O3/c1-8(4-5-13)7-15-12(17)10-3-2-9(16(18)19)6-11(10)14/h2-3,6,8H,4-5,7H2,1H3,(H,15,17). The molecule has 1 amide bonds. The summed E-state index contributed by atoms with van der Waals surface area (Å²) < 4.78 is 13.5. The molecule has 0 aromatic heterocycles. The van der Waals surface area contributed by atoms with Gasteiger partial charge in [-0.1, -0.05) is 6.92 Å². The number of hydrogen-bond acceptors (Lipinski definition) is 3. The van der Waals surface area contributed by atoms with Crippen molar-refractivity contribution in [2.75, 3.05) is 12.4 Å². The summed E-state index contributed by atoms with van der Waals surface area (Å²) in [6.07, 6.45) is 0.741. The summed E-state index contributed by atoms with van der Waals surface area (Å²) in [5, 5.41) is 13.0. The lowest BCUT2D eigenvalue weighted by atomic mass is 10.1. The lowest BCUT2D eigenvalue weighted by Crippen LogP contribution is -2.29. The topological polar surface area (TPSA) is 72.2 Å². The second-order valence-corrected chi connectivity index (χ2v) is 4.59. The molecule has 7 heteroatoms. The Morgan fingerprint density at radius 2 is 2.26 bits per heavy atom. The van der Waals surface area contributed by atoms with Gasteiger partial charge in [0.2, 0.25) is 0 Å². The third-order valence-corrected chi connectivity index (χ3v) is 2.84. The predicted octanol–water partition coefficient (Wildman–Crippen LogP) is 2.73. The van der Waals surface area contributed by atoms with Crippen LogP contribution in [0, 0.1) is 21.8 Å². The average Bonchev–Trinajstić information content (AvgIpc) is 2.36. The van der Waals surface area contributed by atoms with Crippen LogP contribution in [0.5, 0.6) is 0 Å². The van der Waals surface area contributed by atoms with Gasteiger partial charge >= 0.3 is 0 Å². The molecule has 1 aromatic rings. The molecule has 0 spiro atoms. The molecule has 1 N–H and O–H groups in total. The van der Waals surface area contributed by atoms with E-state index in [2.05, 4.69) is 5.32 Å². The molecule has 1 atom stereocenters. The first-order valence-corrected chi connectivity index (χ1v) is 6.27. The fraction of sp³-hybridized carbons (Fsp3) is 0.417. The summed E-state index contributed by atoms with van der Waals surface area (Å²) in [5.41, 5.74) is -0.590. The summed E-state index contributed by atoms with van der Waals surface area (Å²) in [7, 11) is 0. The number of nitro groups is 1. The number of nitrogens with one attached hydrogen (secondary N) is 1. The van der Waals surface area contributed by atoms with Crippen LogP contribution in [0.4, 0.5) is 10.1 Å². The van der Waals surface area contributed by atoms with Gasteiger partial charge in [0, 0.05) is 18.5 Å². The van der Waals surface area contributed by atoms with Gasteiger partial charge in [-0.2, -0.15) is 0 Å². The van der Waals surface area contributed by atoms with E-state index in [1.165, 1.54) is 0 Å². The lowest BCUT2D eigenvalue weighted by Gasteiger charge is -2.11. The minimum absolute atomic E-state index is 0.183. The van der Waals surface area contributed by atoms with Gasteiger partial charge < -0.3 is 5.32 Å². The largest absolute Gasteiger partial charge is 0.352 e. The molecule has 19 heavy (non-hydrogen) atoms. The highest BCUT2D eigenvalue weighted by molar-refractivity contribution is 6.17. The van der Waals surface area contributed by atoms with Crippen molar-refractivity contribution < 1.29 is 14.1 Å². The summed E-state index contributed by atoms with van der Waals surface area (Å²) >= 11 is 5.56. The number of nitrogens with zero attached hydrogens (tertiary/aromatic N) is 1. The molecule has 0 radical (unpaired) electrons. The number of benzene rings is 1. The minimum Gasteiger partial charge on any atom is -0.352 e. The normalized spacial score (nSPS) is 11.9. The average molecular weight is 289 g/mol. The van der Waals surface area contributed by atoms with E-state index >= 15 is 0 Å². The summed E-state index contributed by atoms with van der Waals surface area (Å²) in [5.74, 6) is -0.823. The van der Waals surface area contributed by atoms with E-state index in [1.54, 1.807) is 0 Å². The van der Waals surface area contributed by atoms with E-state index in [0.717, 1.165) is 24.6 Å². The molecule has 0 fully saturated rings. The van der Waals surface area contributed by atoms with Crippen LogP contribution in [0.3, 0.4) is 0 Å². The van der Waals surface area contributed by atoms with Gasteiger partial charge in [-0.15, -0.1) is 11.6 Å². The van der Waals surface area contributed by atoms with Crippen molar-refractivity contribution in [2.45, 2.75) is 13.3 Å². The van der Waals surface area contributed by atoms with Crippen molar-refractivity contribution in [3.63, 3.8) is 0 Å². The number of nitro benzene ring substituents is 1. The molecule has 1 aromatic carbocycles. The maximum absolute atomic E-state index is 13.5. The first-order valence-electron chi connectivity index (χ1n) is 5.73. The van der Waals surface area contributed by atoms with Gasteiger partial charge in [0.1, 0.15) is 5.82 Å². The number of rotatable bonds is 6. The van der Waals surface area contributed by atoms with E-state index in [0.29, 0.717) is 12.4 Å². The van der Waals surface area contributed by atoms with Crippen LogP contribution >= 0.6 is 11.6 Å². The van der Waals surface area contributed by atoms with Crippen LogP contribution in [-0.4, -0.2) is 23.3 Å². The molecule has 0 heterocycles. The fourth-order valence-electron chi connectivity index (χ4n) is 1.45. The Hall–Kier alpha value is -1.69. The van der Waals surface area contributed by atoms with Crippen LogP contribution < -0.4 is 5.32 Å². The number of carbonyl (C=O) groups is 1. The Kier molecular flexibility index (Phi) is 5.69. The molecule has 0 bridgehead atoms. The Bertz CT molecular complexity index is 482. The molecule has 5 nitrogen and oxygen atoms in total. The van der Waals surface area contributed by atoms with Gasteiger partial charge in [0.05, 0.1) is 16.6 Å². The van der Waals surface area contributed by atoms with Crippen LogP contribution in [0.15, 0.2) is 18.2 Å². The Balaban J connectivity index is 2.70. The minimum atomic E-state index is -0.906. The van der Waals surface area contributed by atoms with E-state index in [9.17, 15) is 19.3 Å². The molecule has 0 aliphatic rings. The van der Waals surface area contributed by atoms with Gasteiger partial charge in [-0.3, -0.25) is 14.9 Å². The SMILES string of the molecule is CC(CCCl)CNC(=O)c1ccc([N+](=O)[O-])cc1F. The third-order valence-electron chi connectivity index (χ3n) is 2.62. The highest BCUT2D eigenvalue weighted by Gasteiger charge is 2.16. The molecular formula is C12H14ClFN2O3. The zero-order chi connectivity index (χ0) is 14.4. The molecule has 1 unspecified atom stereocenters. The number of carbonyl (C=O) groups excluding carboxylic acids is 1. The third kappa shape index (κ3) is 4.48. The first kappa shape index (κ1) is 15.4. The first-order chi connectivity index (χ1) is 8.95. The quantitative estimate of drug-likeness (QED) is 0.497. The van der Waals surface area contributed by atoms with E-state index < -0.39 is 16.6 Å². The van der Waals surface area contributed by atoms with Crippen LogP contribution in [0.1, 0.15) is 23.7 Å².